The van der Waals surface area contributed by atoms with E-state index in [1.165, 1.54) is 44.6 Å². The highest BCUT2D eigenvalue weighted by atomic mass is 32.2. The Hall–Kier alpha value is -2.52. The molecule has 0 radical (unpaired) electrons. The first-order chi connectivity index (χ1) is 12.3. The fourth-order valence-corrected chi connectivity index (χ4v) is 2.92. The van der Waals surface area contributed by atoms with Gasteiger partial charge in [-0.1, -0.05) is 17.3 Å². The Labute approximate surface area is 150 Å². The standard InChI is InChI=1S/C17H18F2N2O4S/c1-21(2)26(22,23)16-5-3-4-14(10-16)12-24-20-11-13-6-8-15(9-7-13)25-17(18)19/h3-11,17H,12H2,1-2H3/b20-11+. The molecule has 0 saturated carbocycles. The molecule has 0 N–H and O–H groups in total. The Balaban J connectivity index is 1.94. The van der Waals surface area contributed by atoms with Crippen LogP contribution < -0.4 is 4.74 Å². The van der Waals surface area contributed by atoms with Crippen molar-refractivity contribution >= 4 is 16.2 Å². The largest absolute Gasteiger partial charge is 0.435 e. The summed E-state index contributed by atoms with van der Waals surface area (Å²) in [5.74, 6) is 0.0528. The summed E-state index contributed by atoms with van der Waals surface area (Å²) >= 11 is 0. The number of benzene rings is 2. The van der Waals surface area contributed by atoms with E-state index < -0.39 is 16.6 Å². The van der Waals surface area contributed by atoms with Crippen molar-refractivity contribution in [2.24, 2.45) is 5.16 Å². The molecule has 0 aliphatic rings. The Morgan fingerprint density at radius 3 is 2.46 bits per heavy atom. The van der Waals surface area contributed by atoms with Gasteiger partial charge in [-0.05, 0) is 47.5 Å². The maximum Gasteiger partial charge on any atom is 0.387 e. The second-order valence-corrected chi connectivity index (χ2v) is 7.54. The van der Waals surface area contributed by atoms with E-state index >= 15 is 0 Å². The SMILES string of the molecule is CN(C)S(=O)(=O)c1cccc(CO/N=C/c2ccc(OC(F)F)cc2)c1. The number of nitrogens with zero attached hydrogens (tertiary/aromatic N) is 2. The number of hydrogen-bond acceptors (Lipinski definition) is 5. The van der Waals surface area contributed by atoms with E-state index in [-0.39, 0.29) is 17.3 Å². The summed E-state index contributed by atoms with van der Waals surface area (Å²) in [5.41, 5.74) is 1.28. The fraction of sp³-hybridized carbons (Fsp3) is 0.235. The number of rotatable bonds is 8. The van der Waals surface area contributed by atoms with Crippen molar-refractivity contribution in [2.45, 2.75) is 18.1 Å². The zero-order valence-electron chi connectivity index (χ0n) is 14.2. The lowest BCUT2D eigenvalue weighted by Crippen LogP contribution is -2.22. The summed E-state index contributed by atoms with van der Waals surface area (Å²) in [4.78, 5) is 5.33. The van der Waals surface area contributed by atoms with Crippen molar-refractivity contribution in [3.05, 3.63) is 59.7 Å². The highest BCUT2D eigenvalue weighted by Crippen LogP contribution is 2.16. The molecular formula is C17H18F2N2O4S. The Kier molecular flexibility index (Phi) is 6.64. The van der Waals surface area contributed by atoms with Gasteiger partial charge in [-0.3, -0.25) is 0 Å². The molecule has 0 aliphatic heterocycles. The molecule has 140 valence electrons. The van der Waals surface area contributed by atoms with E-state index in [9.17, 15) is 17.2 Å². The van der Waals surface area contributed by atoms with Crippen molar-refractivity contribution in [2.75, 3.05) is 14.1 Å². The maximum atomic E-state index is 12.1. The van der Waals surface area contributed by atoms with Gasteiger partial charge in [0.2, 0.25) is 10.0 Å². The number of alkyl halides is 2. The molecule has 26 heavy (non-hydrogen) atoms. The minimum atomic E-state index is -3.51. The lowest BCUT2D eigenvalue weighted by Gasteiger charge is -2.11. The number of sulfonamides is 1. The van der Waals surface area contributed by atoms with Gasteiger partial charge in [-0.25, -0.2) is 12.7 Å². The monoisotopic (exact) mass is 384 g/mol. The normalized spacial score (nSPS) is 12.1. The topological polar surface area (TPSA) is 68.2 Å². The minimum absolute atomic E-state index is 0.0528. The highest BCUT2D eigenvalue weighted by Gasteiger charge is 2.17. The number of halogens is 2. The van der Waals surface area contributed by atoms with Gasteiger partial charge in [-0.15, -0.1) is 0 Å². The molecule has 0 bridgehead atoms. The van der Waals surface area contributed by atoms with Crippen LogP contribution in [0.4, 0.5) is 8.78 Å². The average molecular weight is 384 g/mol. The van der Waals surface area contributed by atoms with Crippen LogP contribution in [-0.2, 0) is 21.5 Å². The van der Waals surface area contributed by atoms with Crippen molar-refractivity contribution in [1.29, 1.82) is 0 Å². The molecule has 0 amide bonds. The van der Waals surface area contributed by atoms with Crippen LogP contribution in [0, 0.1) is 0 Å². The van der Waals surface area contributed by atoms with Crippen molar-refractivity contribution < 1.29 is 26.8 Å². The predicted molar refractivity (Wildman–Crippen MR) is 92.8 cm³/mol. The predicted octanol–water partition coefficient (Wildman–Crippen LogP) is 3.09. The molecule has 2 rings (SSSR count). The summed E-state index contributed by atoms with van der Waals surface area (Å²) in [7, 11) is -0.594. The molecule has 9 heteroatoms. The van der Waals surface area contributed by atoms with Gasteiger partial charge in [0.15, 0.2) is 0 Å². The van der Waals surface area contributed by atoms with Gasteiger partial charge in [0.1, 0.15) is 12.4 Å². The molecule has 0 unspecified atom stereocenters. The number of ether oxygens (including phenoxy) is 1. The quantitative estimate of drug-likeness (QED) is 0.518. The summed E-state index contributed by atoms with van der Waals surface area (Å²) in [6.45, 7) is -2.79. The average Bonchev–Trinajstić information content (AvgIpc) is 2.60. The van der Waals surface area contributed by atoms with Crippen molar-refractivity contribution in [1.82, 2.24) is 4.31 Å². The van der Waals surface area contributed by atoms with Gasteiger partial charge in [0, 0.05) is 14.1 Å². The van der Waals surface area contributed by atoms with Gasteiger partial charge < -0.3 is 9.57 Å². The van der Waals surface area contributed by atoms with Gasteiger partial charge in [0.05, 0.1) is 11.1 Å². The molecule has 0 aliphatic carbocycles. The molecule has 0 saturated heterocycles. The summed E-state index contributed by atoms with van der Waals surface area (Å²) in [6, 6.07) is 12.3. The summed E-state index contributed by atoms with van der Waals surface area (Å²) in [6.07, 6.45) is 1.41. The van der Waals surface area contributed by atoms with Crippen molar-refractivity contribution in [3.63, 3.8) is 0 Å². The van der Waals surface area contributed by atoms with Crippen LogP contribution in [-0.4, -0.2) is 39.6 Å². The van der Waals surface area contributed by atoms with Crippen LogP contribution in [0.15, 0.2) is 58.6 Å². The molecular weight excluding hydrogens is 366 g/mol. The van der Waals surface area contributed by atoms with E-state index in [0.717, 1.165) is 4.31 Å². The number of hydrogen-bond donors (Lipinski definition) is 0. The van der Waals surface area contributed by atoms with E-state index in [4.69, 9.17) is 4.84 Å². The second kappa shape index (κ2) is 8.72. The van der Waals surface area contributed by atoms with Gasteiger partial charge in [-0.2, -0.15) is 8.78 Å². The highest BCUT2D eigenvalue weighted by molar-refractivity contribution is 7.89. The number of oxime groups is 1. The zero-order chi connectivity index (χ0) is 19.2. The van der Waals surface area contributed by atoms with Crippen LogP contribution >= 0.6 is 0 Å². The van der Waals surface area contributed by atoms with Gasteiger partial charge in [0.25, 0.3) is 0 Å². The first kappa shape index (κ1) is 19.8. The maximum absolute atomic E-state index is 12.1. The molecule has 0 atom stereocenters. The second-order valence-electron chi connectivity index (χ2n) is 5.39. The molecule has 0 aromatic heterocycles. The summed E-state index contributed by atoms with van der Waals surface area (Å²) in [5, 5.41) is 3.78. The van der Waals surface area contributed by atoms with Crippen LogP contribution in [0.25, 0.3) is 0 Å². The third-order valence-electron chi connectivity index (χ3n) is 3.29. The third-order valence-corrected chi connectivity index (χ3v) is 5.10. The van der Waals surface area contributed by atoms with E-state index in [2.05, 4.69) is 9.89 Å². The molecule has 0 fully saturated rings. The van der Waals surface area contributed by atoms with Gasteiger partial charge >= 0.3 is 6.61 Å². The smallest absolute Gasteiger partial charge is 0.387 e. The van der Waals surface area contributed by atoms with Crippen LogP contribution in [0.1, 0.15) is 11.1 Å². The minimum Gasteiger partial charge on any atom is -0.435 e. The Morgan fingerprint density at radius 2 is 1.85 bits per heavy atom. The Bertz CT molecular complexity index is 853. The molecule has 0 heterocycles. The molecule has 2 aromatic rings. The van der Waals surface area contributed by atoms with E-state index in [0.29, 0.717) is 11.1 Å². The first-order valence-corrected chi connectivity index (χ1v) is 8.95. The molecule has 2 aromatic carbocycles. The zero-order valence-corrected chi connectivity index (χ0v) is 15.0. The molecule has 6 nitrogen and oxygen atoms in total. The van der Waals surface area contributed by atoms with Crippen LogP contribution in [0.3, 0.4) is 0 Å². The van der Waals surface area contributed by atoms with E-state index in [1.54, 1.807) is 24.3 Å². The van der Waals surface area contributed by atoms with Crippen LogP contribution in [0.5, 0.6) is 5.75 Å². The third kappa shape index (κ3) is 5.50. The lowest BCUT2D eigenvalue weighted by atomic mass is 10.2. The Morgan fingerprint density at radius 1 is 1.15 bits per heavy atom. The summed E-state index contributed by atoms with van der Waals surface area (Å²) < 4.78 is 53.7. The van der Waals surface area contributed by atoms with Crippen LogP contribution in [0.2, 0.25) is 0 Å². The lowest BCUT2D eigenvalue weighted by molar-refractivity contribution is -0.0498. The van der Waals surface area contributed by atoms with E-state index in [1.807, 2.05) is 0 Å². The van der Waals surface area contributed by atoms with Crippen molar-refractivity contribution in [3.8, 4) is 5.75 Å². The first-order valence-electron chi connectivity index (χ1n) is 7.51. The fourth-order valence-electron chi connectivity index (χ4n) is 1.95. The molecule has 0 spiro atoms.